The van der Waals surface area contributed by atoms with Gasteiger partial charge >= 0.3 is 0 Å². The van der Waals surface area contributed by atoms with E-state index >= 15 is 0 Å². The van der Waals surface area contributed by atoms with Crippen LogP contribution in [0.3, 0.4) is 0 Å². The van der Waals surface area contributed by atoms with E-state index in [1.807, 2.05) is 6.07 Å². The van der Waals surface area contributed by atoms with Crippen LogP contribution in [0.5, 0.6) is 0 Å². The normalized spacial score (nSPS) is 10.2. The summed E-state index contributed by atoms with van der Waals surface area (Å²) in [5, 5.41) is 8.52. The minimum absolute atomic E-state index is 0.138. The van der Waals surface area contributed by atoms with Gasteiger partial charge in [-0.3, -0.25) is 4.79 Å². The molecule has 6 heteroatoms. The highest BCUT2D eigenvalue weighted by molar-refractivity contribution is 5.94. The Hall–Kier alpha value is -2.03. The van der Waals surface area contributed by atoms with Gasteiger partial charge < -0.3 is 4.90 Å². The van der Waals surface area contributed by atoms with Crippen molar-refractivity contribution in [3.8, 4) is 6.07 Å². The monoisotopic (exact) mass is 253 g/mol. The van der Waals surface area contributed by atoms with Crippen LogP contribution in [0.25, 0.3) is 0 Å². The Labute approximate surface area is 104 Å². The zero-order chi connectivity index (χ0) is 13.7. The van der Waals surface area contributed by atoms with Crippen molar-refractivity contribution >= 4 is 5.91 Å². The van der Waals surface area contributed by atoms with Gasteiger partial charge in [-0.2, -0.15) is 9.65 Å². The number of hydrogen-bond acceptors (Lipinski definition) is 3. The van der Waals surface area contributed by atoms with Crippen molar-refractivity contribution in [2.75, 3.05) is 6.54 Å². The number of aromatic nitrogens is 1. The molecule has 96 valence electrons. The van der Waals surface area contributed by atoms with E-state index in [-0.39, 0.29) is 24.6 Å². The molecule has 1 aromatic rings. The van der Waals surface area contributed by atoms with Crippen LogP contribution < -0.4 is 0 Å². The minimum Gasteiger partial charge on any atom is -0.335 e. The molecular weight excluding hydrogens is 240 g/mol. The molecule has 0 N–H and O–H groups in total. The van der Waals surface area contributed by atoms with Crippen LogP contribution in [0.15, 0.2) is 12.3 Å². The maximum Gasteiger partial charge on any atom is 0.257 e. The van der Waals surface area contributed by atoms with Crippen LogP contribution in [0, 0.1) is 23.1 Å². The fourth-order valence-corrected chi connectivity index (χ4v) is 1.50. The molecule has 0 aromatic carbocycles. The van der Waals surface area contributed by atoms with Gasteiger partial charge in [-0.05, 0) is 19.9 Å². The predicted molar refractivity (Wildman–Crippen MR) is 60.6 cm³/mol. The fourth-order valence-electron chi connectivity index (χ4n) is 1.50. The van der Waals surface area contributed by atoms with Gasteiger partial charge in [0.1, 0.15) is 0 Å². The lowest BCUT2D eigenvalue weighted by molar-refractivity contribution is 0.0704. The third-order valence-corrected chi connectivity index (χ3v) is 2.43. The maximum atomic E-state index is 13.4. The van der Waals surface area contributed by atoms with Crippen molar-refractivity contribution in [1.29, 1.82) is 5.26 Å². The molecule has 18 heavy (non-hydrogen) atoms. The molecule has 0 radical (unpaired) electrons. The Morgan fingerprint density at radius 1 is 1.56 bits per heavy atom. The molecular formula is C12H13F2N3O. The molecule has 0 saturated heterocycles. The Balaban J connectivity index is 3.03. The Morgan fingerprint density at radius 2 is 2.22 bits per heavy atom. The second kappa shape index (κ2) is 6.05. The first-order valence-corrected chi connectivity index (χ1v) is 5.47. The quantitative estimate of drug-likeness (QED) is 0.772. The first-order chi connectivity index (χ1) is 8.49. The molecule has 4 nitrogen and oxygen atoms in total. The number of nitrogens with zero attached hydrogens (tertiary/aromatic N) is 3. The first kappa shape index (κ1) is 14.0. The highest BCUT2D eigenvalue weighted by atomic mass is 19.2. The number of rotatable bonds is 4. The smallest absolute Gasteiger partial charge is 0.257 e. The molecule has 0 spiro atoms. The van der Waals surface area contributed by atoms with Crippen LogP contribution >= 0.6 is 0 Å². The zero-order valence-electron chi connectivity index (χ0n) is 10.2. The molecule has 0 fully saturated rings. The summed E-state index contributed by atoms with van der Waals surface area (Å²) in [5.41, 5.74) is -0.367. The summed E-state index contributed by atoms with van der Waals surface area (Å²) in [5.74, 6) is -3.20. The van der Waals surface area contributed by atoms with Gasteiger partial charge in [-0.1, -0.05) is 0 Å². The van der Waals surface area contributed by atoms with Gasteiger partial charge in [0.25, 0.3) is 5.91 Å². The van der Waals surface area contributed by atoms with Gasteiger partial charge in [-0.15, -0.1) is 0 Å². The number of carbonyl (C=O) groups is 1. The minimum atomic E-state index is -1.30. The first-order valence-electron chi connectivity index (χ1n) is 5.47. The second-order valence-corrected chi connectivity index (χ2v) is 3.96. The summed E-state index contributed by atoms with van der Waals surface area (Å²) in [6, 6.07) is 2.83. The van der Waals surface area contributed by atoms with E-state index in [0.717, 1.165) is 12.3 Å². The summed E-state index contributed by atoms with van der Waals surface area (Å²) < 4.78 is 26.4. The highest BCUT2D eigenvalue weighted by Crippen LogP contribution is 2.14. The molecule has 0 aliphatic rings. The Morgan fingerprint density at radius 3 is 2.78 bits per heavy atom. The lowest BCUT2D eigenvalue weighted by atomic mass is 10.2. The molecule has 0 saturated carbocycles. The third-order valence-electron chi connectivity index (χ3n) is 2.43. The van der Waals surface area contributed by atoms with Gasteiger partial charge in [0.15, 0.2) is 5.82 Å². The van der Waals surface area contributed by atoms with E-state index in [1.54, 1.807) is 13.8 Å². The van der Waals surface area contributed by atoms with Crippen LogP contribution in [-0.4, -0.2) is 28.4 Å². The van der Waals surface area contributed by atoms with E-state index in [1.165, 1.54) is 4.90 Å². The number of amides is 1. The Kier molecular flexibility index (Phi) is 4.72. The van der Waals surface area contributed by atoms with E-state index in [9.17, 15) is 13.6 Å². The third kappa shape index (κ3) is 3.00. The van der Waals surface area contributed by atoms with E-state index in [2.05, 4.69) is 4.98 Å². The van der Waals surface area contributed by atoms with Crippen molar-refractivity contribution in [1.82, 2.24) is 9.88 Å². The van der Waals surface area contributed by atoms with Crippen LogP contribution in [0.2, 0.25) is 0 Å². The molecule has 0 aliphatic heterocycles. The predicted octanol–water partition coefficient (Wildman–Crippen LogP) is 2.12. The number of pyridine rings is 1. The molecule has 0 atom stereocenters. The second-order valence-electron chi connectivity index (χ2n) is 3.96. The topological polar surface area (TPSA) is 57.0 Å². The molecule has 0 bridgehead atoms. The zero-order valence-corrected chi connectivity index (χ0v) is 10.2. The lowest BCUT2D eigenvalue weighted by Crippen LogP contribution is -2.38. The summed E-state index contributed by atoms with van der Waals surface area (Å²) in [7, 11) is 0. The van der Waals surface area contributed by atoms with Crippen molar-refractivity contribution in [2.24, 2.45) is 0 Å². The summed E-state index contributed by atoms with van der Waals surface area (Å²) >= 11 is 0. The maximum absolute atomic E-state index is 13.4. The van der Waals surface area contributed by atoms with E-state index < -0.39 is 17.7 Å². The average molecular weight is 253 g/mol. The van der Waals surface area contributed by atoms with Gasteiger partial charge in [0.2, 0.25) is 5.95 Å². The van der Waals surface area contributed by atoms with E-state index in [0.29, 0.717) is 0 Å². The van der Waals surface area contributed by atoms with Crippen molar-refractivity contribution < 1.29 is 13.6 Å². The average Bonchev–Trinajstić information content (AvgIpc) is 2.32. The van der Waals surface area contributed by atoms with Crippen LogP contribution in [0.1, 0.15) is 30.6 Å². The molecule has 1 amide bonds. The molecule has 1 heterocycles. The summed E-state index contributed by atoms with van der Waals surface area (Å²) in [6.45, 7) is 3.66. The molecule has 1 aromatic heterocycles. The molecule has 0 unspecified atom stereocenters. The number of halogens is 2. The van der Waals surface area contributed by atoms with Crippen molar-refractivity contribution in [3.63, 3.8) is 0 Å². The molecule has 1 rings (SSSR count). The van der Waals surface area contributed by atoms with Crippen molar-refractivity contribution in [3.05, 3.63) is 29.6 Å². The number of nitriles is 1. The standard InChI is InChI=1S/C12H13F2N3O/c1-8(2)17(7-3-5-15)12(18)9-4-6-16-11(14)10(9)13/h4,6,8H,3,7H2,1-2H3. The van der Waals surface area contributed by atoms with Gasteiger partial charge in [0, 0.05) is 18.8 Å². The number of hydrogen-bond donors (Lipinski definition) is 0. The number of carbonyl (C=O) groups excluding carboxylic acids is 1. The fraction of sp³-hybridized carbons (Fsp3) is 0.417. The highest BCUT2D eigenvalue weighted by Gasteiger charge is 2.23. The summed E-state index contributed by atoms with van der Waals surface area (Å²) in [6.07, 6.45) is 1.17. The Bertz CT molecular complexity index is 483. The van der Waals surface area contributed by atoms with Crippen LogP contribution in [-0.2, 0) is 0 Å². The SMILES string of the molecule is CC(C)N(CCC#N)C(=O)c1ccnc(F)c1F. The van der Waals surface area contributed by atoms with Gasteiger partial charge in [-0.25, -0.2) is 9.37 Å². The lowest BCUT2D eigenvalue weighted by Gasteiger charge is -2.25. The van der Waals surface area contributed by atoms with Crippen molar-refractivity contribution in [2.45, 2.75) is 26.3 Å². The van der Waals surface area contributed by atoms with Gasteiger partial charge in [0.05, 0.1) is 18.1 Å². The molecule has 0 aliphatic carbocycles. The largest absolute Gasteiger partial charge is 0.335 e. The van der Waals surface area contributed by atoms with E-state index in [4.69, 9.17) is 5.26 Å². The van der Waals surface area contributed by atoms with Crippen LogP contribution in [0.4, 0.5) is 8.78 Å². The summed E-state index contributed by atoms with van der Waals surface area (Å²) in [4.78, 5) is 16.5.